The van der Waals surface area contributed by atoms with Gasteiger partial charge in [-0.2, -0.15) is 0 Å². The lowest BCUT2D eigenvalue weighted by Gasteiger charge is -2.56. The lowest BCUT2D eigenvalue weighted by atomic mass is 9.87. The highest BCUT2D eigenvalue weighted by Gasteiger charge is 2.48. The number of anilines is 1. The molecule has 0 aromatic carbocycles. The quantitative estimate of drug-likeness (QED) is 0.616. The number of piperazine rings is 1. The summed E-state index contributed by atoms with van der Waals surface area (Å²) in [5.41, 5.74) is 1.24. The van der Waals surface area contributed by atoms with Crippen molar-refractivity contribution in [3.63, 3.8) is 0 Å². The van der Waals surface area contributed by atoms with Gasteiger partial charge in [-0.25, -0.2) is 15.0 Å². The van der Waals surface area contributed by atoms with Crippen LogP contribution in [0.4, 0.5) is 5.82 Å². The molecule has 2 unspecified atom stereocenters. The summed E-state index contributed by atoms with van der Waals surface area (Å²) in [6, 6.07) is 2.36. The van der Waals surface area contributed by atoms with Crippen LogP contribution in [0.2, 0.25) is 0 Å². The molecular formula is C16H18N6OS. The third-order valence-corrected chi connectivity index (χ3v) is 5.11. The number of hydrogen-bond donors (Lipinski definition) is 0. The Morgan fingerprint density at radius 3 is 2.67 bits per heavy atom. The molecule has 1 amide bonds. The van der Waals surface area contributed by atoms with Crippen molar-refractivity contribution in [3.8, 4) is 0 Å². The Morgan fingerprint density at radius 2 is 2.00 bits per heavy atom. The van der Waals surface area contributed by atoms with E-state index in [1.807, 2.05) is 24.1 Å². The van der Waals surface area contributed by atoms with E-state index in [1.165, 1.54) is 11.8 Å². The third kappa shape index (κ3) is 2.60. The predicted octanol–water partition coefficient (Wildman–Crippen LogP) is 1.40. The number of fused-ring (bicyclic) bond motifs is 2. The number of amides is 1. The second-order valence-corrected chi connectivity index (χ2v) is 6.88. The van der Waals surface area contributed by atoms with Crippen molar-refractivity contribution in [2.75, 3.05) is 24.2 Å². The maximum Gasteiger partial charge on any atom is 0.274 e. The van der Waals surface area contributed by atoms with Crippen LogP contribution in [0.3, 0.4) is 0 Å². The SMILES string of the molecule is CSc1nccc(N2CC3CC(C2)N3C(=O)c2cnc(C)cn2)n1. The Bertz CT molecular complexity index is 755. The Balaban J connectivity index is 1.48. The van der Waals surface area contributed by atoms with E-state index in [0.717, 1.165) is 36.2 Å². The van der Waals surface area contributed by atoms with E-state index < -0.39 is 0 Å². The van der Waals surface area contributed by atoms with E-state index in [9.17, 15) is 4.79 Å². The van der Waals surface area contributed by atoms with Gasteiger partial charge in [0.15, 0.2) is 5.16 Å². The topological polar surface area (TPSA) is 75.1 Å². The molecule has 2 aromatic heterocycles. The highest BCUT2D eigenvalue weighted by Crippen LogP contribution is 2.35. The highest BCUT2D eigenvalue weighted by atomic mass is 32.2. The second-order valence-electron chi connectivity index (χ2n) is 6.11. The van der Waals surface area contributed by atoms with E-state index in [4.69, 9.17) is 0 Å². The van der Waals surface area contributed by atoms with Crippen molar-refractivity contribution in [3.05, 3.63) is 36.0 Å². The van der Waals surface area contributed by atoms with Crippen molar-refractivity contribution >= 4 is 23.5 Å². The summed E-state index contributed by atoms with van der Waals surface area (Å²) in [4.78, 5) is 34.0. The smallest absolute Gasteiger partial charge is 0.274 e. The molecule has 8 heteroatoms. The van der Waals surface area contributed by atoms with Gasteiger partial charge in [0.05, 0.1) is 24.0 Å². The van der Waals surface area contributed by atoms with Gasteiger partial charge < -0.3 is 9.80 Å². The third-order valence-electron chi connectivity index (χ3n) is 4.55. The standard InChI is InChI=1S/C16H18N6OS/c1-10-6-19-13(7-18-10)15(23)22-11-5-12(22)9-21(8-11)14-3-4-17-16(20-14)24-2/h3-4,6-7,11-12H,5,8-9H2,1-2H3. The average molecular weight is 342 g/mol. The molecule has 0 saturated carbocycles. The van der Waals surface area contributed by atoms with Gasteiger partial charge in [-0.15, -0.1) is 0 Å². The summed E-state index contributed by atoms with van der Waals surface area (Å²) in [5.74, 6) is 0.919. The average Bonchev–Trinajstić information content (AvgIpc) is 2.62. The van der Waals surface area contributed by atoms with Gasteiger partial charge in [-0.3, -0.25) is 9.78 Å². The summed E-state index contributed by atoms with van der Waals surface area (Å²) >= 11 is 1.53. The van der Waals surface area contributed by atoms with Gasteiger partial charge in [-0.05, 0) is 25.7 Å². The largest absolute Gasteiger partial charge is 0.352 e. The van der Waals surface area contributed by atoms with Gasteiger partial charge >= 0.3 is 0 Å². The van der Waals surface area contributed by atoms with Crippen molar-refractivity contribution in [2.24, 2.45) is 0 Å². The Morgan fingerprint density at radius 1 is 1.21 bits per heavy atom. The highest BCUT2D eigenvalue weighted by molar-refractivity contribution is 7.98. The second kappa shape index (κ2) is 6.01. The molecule has 5 heterocycles. The van der Waals surface area contributed by atoms with Crippen LogP contribution in [-0.2, 0) is 0 Å². The number of nitrogens with zero attached hydrogens (tertiary/aromatic N) is 6. The summed E-state index contributed by atoms with van der Waals surface area (Å²) in [7, 11) is 0. The number of carbonyl (C=O) groups excluding carboxylic acids is 1. The number of aromatic nitrogens is 4. The van der Waals surface area contributed by atoms with Crippen LogP contribution in [0.15, 0.2) is 29.8 Å². The van der Waals surface area contributed by atoms with Crippen LogP contribution < -0.4 is 4.90 Å². The lowest BCUT2D eigenvalue weighted by Crippen LogP contribution is -2.70. The van der Waals surface area contributed by atoms with E-state index in [-0.39, 0.29) is 18.0 Å². The van der Waals surface area contributed by atoms with E-state index in [0.29, 0.717) is 5.69 Å². The number of aryl methyl sites for hydroxylation is 1. The molecule has 5 rings (SSSR count). The van der Waals surface area contributed by atoms with Crippen molar-refractivity contribution < 1.29 is 4.79 Å². The first kappa shape index (κ1) is 15.3. The minimum absolute atomic E-state index is 0.0177. The lowest BCUT2D eigenvalue weighted by molar-refractivity contribution is 0.00517. The monoisotopic (exact) mass is 342 g/mol. The molecule has 0 N–H and O–H groups in total. The van der Waals surface area contributed by atoms with E-state index in [2.05, 4.69) is 24.8 Å². The Kier molecular flexibility index (Phi) is 3.84. The van der Waals surface area contributed by atoms with E-state index >= 15 is 0 Å². The van der Waals surface area contributed by atoms with Gasteiger partial charge in [0.25, 0.3) is 5.91 Å². The molecule has 7 nitrogen and oxygen atoms in total. The number of hydrogen-bond acceptors (Lipinski definition) is 7. The first-order chi connectivity index (χ1) is 11.7. The predicted molar refractivity (Wildman–Crippen MR) is 91.2 cm³/mol. The van der Waals surface area contributed by atoms with Gasteiger partial charge in [0.2, 0.25) is 0 Å². The molecule has 2 atom stereocenters. The molecule has 3 aliphatic rings. The minimum Gasteiger partial charge on any atom is -0.352 e. The maximum atomic E-state index is 12.7. The molecular weight excluding hydrogens is 324 g/mol. The Labute approximate surface area is 144 Å². The normalized spacial score (nSPS) is 22.2. The van der Waals surface area contributed by atoms with Gasteiger partial charge in [-0.1, -0.05) is 11.8 Å². The molecule has 3 aliphatic heterocycles. The molecule has 24 heavy (non-hydrogen) atoms. The molecule has 2 aromatic rings. The fourth-order valence-corrected chi connectivity index (χ4v) is 3.72. The number of thioether (sulfide) groups is 1. The number of piperidine rings is 1. The van der Waals surface area contributed by atoms with Crippen molar-refractivity contribution in [1.82, 2.24) is 24.8 Å². The number of rotatable bonds is 3. The summed E-state index contributed by atoms with van der Waals surface area (Å²) in [6.07, 6.45) is 8.01. The number of carbonyl (C=O) groups is 1. The van der Waals surface area contributed by atoms with E-state index in [1.54, 1.807) is 18.6 Å². The van der Waals surface area contributed by atoms with Crippen LogP contribution in [-0.4, -0.2) is 62.2 Å². The van der Waals surface area contributed by atoms with Crippen LogP contribution in [0.1, 0.15) is 22.6 Å². The Hall–Kier alpha value is -2.22. The summed E-state index contributed by atoms with van der Waals surface area (Å²) in [6.45, 7) is 3.46. The zero-order valence-corrected chi connectivity index (χ0v) is 14.4. The van der Waals surface area contributed by atoms with Gasteiger partial charge in [0, 0.05) is 25.5 Å². The zero-order valence-electron chi connectivity index (χ0n) is 13.6. The molecule has 3 saturated heterocycles. The van der Waals surface area contributed by atoms with Crippen LogP contribution in [0, 0.1) is 6.92 Å². The molecule has 2 bridgehead atoms. The van der Waals surface area contributed by atoms with Crippen molar-refractivity contribution in [1.29, 1.82) is 0 Å². The first-order valence-corrected chi connectivity index (χ1v) is 9.11. The first-order valence-electron chi connectivity index (χ1n) is 7.89. The molecule has 0 radical (unpaired) electrons. The van der Waals surface area contributed by atoms with Crippen LogP contribution >= 0.6 is 11.8 Å². The maximum absolute atomic E-state index is 12.7. The fourth-order valence-electron chi connectivity index (χ4n) is 3.37. The molecule has 0 aliphatic carbocycles. The van der Waals surface area contributed by atoms with Crippen LogP contribution in [0.25, 0.3) is 0 Å². The summed E-state index contributed by atoms with van der Waals surface area (Å²) in [5, 5.41) is 0.773. The zero-order chi connectivity index (χ0) is 16.7. The molecule has 124 valence electrons. The van der Waals surface area contributed by atoms with Gasteiger partial charge in [0.1, 0.15) is 11.5 Å². The summed E-state index contributed by atoms with van der Waals surface area (Å²) < 4.78 is 0. The van der Waals surface area contributed by atoms with Crippen molar-refractivity contribution in [2.45, 2.75) is 30.6 Å². The minimum atomic E-state index is -0.0177. The molecule has 0 spiro atoms. The fraction of sp³-hybridized carbons (Fsp3) is 0.438. The van der Waals surface area contributed by atoms with Crippen LogP contribution in [0.5, 0.6) is 0 Å². The molecule has 3 fully saturated rings.